The molecule has 0 saturated heterocycles. The van der Waals surface area contributed by atoms with E-state index >= 15 is 0 Å². The minimum atomic E-state index is 0.605. The first kappa shape index (κ1) is 26.5. The minimum absolute atomic E-state index is 0.605. The summed E-state index contributed by atoms with van der Waals surface area (Å²) in [6.45, 7) is 0. The smallest absolute Gasteiger partial charge is 0.164 e. The molecule has 0 aliphatic heterocycles. The van der Waals surface area contributed by atoms with Crippen LogP contribution in [-0.4, -0.2) is 19.9 Å². The molecule has 47 heavy (non-hydrogen) atoms. The summed E-state index contributed by atoms with van der Waals surface area (Å²) in [6.07, 6.45) is 0. The van der Waals surface area contributed by atoms with Crippen LogP contribution in [0.3, 0.4) is 0 Å². The zero-order chi connectivity index (χ0) is 30.9. The Bertz CT molecular complexity index is 2800. The molecular formula is C40H22N4OS2. The average molecular weight is 639 g/mol. The van der Waals surface area contributed by atoms with Crippen LogP contribution in [0.1, 0.15) is 0 Å². The molecule has 4 heterocycles. The Balaban J connectivity index is 1.10. The van der Waals surface area contributed by atoms with Gasteiger partial charge in [0, 0.05) is 53.2 Å². The lowest BCUT2D eigenvalue weighted by Gasteiger charge is -2.08. The van der Waals surface area contributed by atoms with E-state index in [1.54, 1.807) is 22.7 Å². The molecule has 10 rings (SSSR count). The number of nitrogens with zero attached hydrogens (tertiary/aromatic N) is 4. The van der Waals surface area contributed by atoms with Gasteiger partial charge in [0.15, 0.2) is 17.5 Å². The zero-order valence-electron chi connectivity index (χ0n) is 24.7. The molecule has 0 spiro atoms. The van der Waals surface area contributed by atoms with Crippen molar-refractivity contribution in [3.8, 4) is 44.7 Å². The fraction of sp³-hybridized carbons (Fsp3) is 0. The van der Waals surface area contributed by atoms with Crippen molar-refractivity contribution >= 4 is 75.0 Å². The van der Waals surface area contributed by atoms with Gasteiger partial charge in [0.2, 0.25) is 0 Å². The second-order valence-electron chi connectivity index (χ2n) is 11.5. The third-order valence-electron chi connectivity index (χ3n) is 8.56. The minimum Gasteiger partial charge on any atom is -0.456 e. The molecule has 4 aromatic heterocycles. The summed E-state index contributed by atoms with van der Waals surface area (Å²) in [6, 6.07) is 45.8. The number of para-hydroxylation sites is 1. The lowest BCUT2D eigenvalue weighted by atomic mass is 10.1. The number of aromatic nitrogens is 4. The number of fused-ring (bicyclic) bond motifs is 7. The van der Waals surface area contributed by atoms with Crippen LogP contribution in [-0.2, 0) is 0 Å². The van der Waals surface area contributed by atoms with Gasteiger partial charge in [0.05, 0.1) is 10.2 Å². The average Bonchev–Trinajstić information content (AvgIpc) is 3.83. The third-order valence-corrected chi connectivity index (χ3v) is 10.7. The van der Waals surface area contributed by atoms with Gasteiger partial charge in [0.1, 0.15) is 16.2 Å². The molecule has 0 N–H and O–H groups in total. The molecule has 0 radical (unpaired) electrons. The summed E-state index contributed by atoms with van der Waals surface area (Å²) in [5.41, 5.74) is 6.61. The second kappa shape index (κ2) is 10.4. The molecule has 0 unspecified atom stereocenters. The summed E-state index contributed by atoms with van der Waals surface area (Å²) in [5.74, 6) is 1.87. The fourth-order valence-corrected chi connectivity index (χ4v) is 8.49. The Morgan fingerprint density at radius 3 is 1.79 bits per heavy atom. The summed E-state index contributed by atoms with van der Waals surface area (Å²) in [5, 5.41) is 5.64. The molecule has 0 aliphatic rings. The normalized spacial score (nSPS) is 11.8. The van der Waals surface area contributed by atoms with E-state index in [-0.39, 0.29) is 0 Å². The van der Waals surface area contributed by atoms with Gasteiger partial charge < -0.3 is 4.42 Å². The number of thiazole rings is 1. The van der Waals surface area contributed by atoms with Crippen molar-refractivity contribution in [2.24, 2.45) is 0 Å². The number of benzene rings is 6. The molecule has 10 aromatic rings. The van der Waals surface area contributed by atoms with Gasteiger partial charge in [0.25, 0.3) is 0 Å². The largest absolute Gasteiger partial charge is 0.456 e. The number of thiophene rings is 1. The van der Waals surface area contributed by atoms with Crippen LogP contribution in [0.5, 0.6) is 0 Å². The van der Waals surface area contributed by atoms with Crippen molar-refractivity contribution in [3.05, 3.63) is 133 Å². The Kier molecular flexibility index (Phi) is 5.85. The quantitative estimate of drug-likeness (QED) is 0.192. The topological polar surface area (TPSA) is 64.7 Å². The van der Waals surface area contributed by atoms with E-state index in [2.05, 4.69) is 72.8 Å². The van der Waals surface area contributed by atoms with Gasteiger partial charge in [-0.25, -0.2) is 19.9 Å². The monoisotopic (exact) mass is 638 g/mol. The maximum atomic E-state index is 6.20. The molecule has 0 saturated carbocycles. The van der Waals surface area contributed by atoms with E-state index in [4.69, 9.17) is 24.4 Å². The third kappa shape index (κ3) is 4.43. The zero-order valence-corrected chi connectivity index (χ0v) is 26.3. The van der Waals surface area contributed by atoms with Crippen LogP contribution in [0.15, 0.2) is 138 Å². The first-order chi connectivity index (χ1) is 23.2. The number of hydrogen-bond acceptors (Lipinski definition) is 7. The van der Waals surface area contributed by atoms with Crippen molar-refractivity contribution in [1.82, 2.24) is 19.9 Å². The molecular weight excluding hydrogens is 617 g/mol. The highest BCUT2D eigenvalue weighted by Gasteiger charge is 2.17. The van der Waals surface area contributed by atoms with Crippen LogP contribution in [0, 0.1) is 0 Å². The molecule has 7 heteroatoms. The van der Waals surface area contributed by atoms with E-state index in [9.17, 15) is 0 Å². The van der Waals surface area contributed by atoms with Crippen molar-refractivity contribution in [2.45, 2.75) is 0 Å². The predicted octanol–water partition coefficient (Wildman–Crippen LogP) is 11.4. The number of hydrogen-bond donors (Lipinski definition) is 0. The Labute approximate surface area is 276 Å². The van der Waals surface area contributed by atoms with Gasteiger partial charge >= 0.3 is 0 Å². The van der Waals surface area contributed by atoms with Gasteiger partial charge in [-0.15, -0.1) is 22.7 Å². The van der Waals surface area contributed by atoms with Crippen LogP contribution in [0.4, 0.5) is 0 Å². The summed E-state index contributed by atoms with van der Waals surface area (Å²) < 4.78 is 9.82. The van der Waals surface area contributed by atoms with Gasteiger partial charge in [-0.05, 0) is 36.4 Å². The van der Waals surface area contributed by atoms with Crippen LogP contribution < -0.4 is 0 Å². The van der Waals surface area contributed by atoms with Crippen molar-refractivity contribution in [3.63, 3.8) is 0 Å². The molecule has 220 valence electrons. The highest BCUT2D eigenvalue weighted by atomic mass is 32.1. The molecule has 6 aromatic carbocycles. The van der Waals surface area contributed by atoms with E-state index in [0.29, 0.717) is 17.5 Å². The maximum absolute atomic E-state index is 6.20. The molecule has 0 bridgehead atoms. The van der Waals surface area contributed by atoms with Crippen molar-refractivity contribution < 1.29 is 4.42 Å². The van der Waals surface area contributed by atoms with Crippen LogP contribution >= 0.6 is 22.7 Å². The highest BCUT2D eigenvalue weighted by Crippen LogP contribution is 2.41. The van der Waals surface area contributed by atoms with Gasteiger partial charge in [-0.1, -0.05) is 97.1 Å². The Morgan fingerprint density at radius 1 is 0.383 bits per heavy atom. The van der Waals surface area contributed by atoms with E-state index < -0.39 is 0 Å². The number of furan rings is 1. The summed E-state index contributed by atoms with van der Waals surface area (Å²) in [7, 11) is 0. The lowest BCUT2D eigenvalue weighted by molar-refractivity contribution is 0.669. The van der Waals surface area contributed by atoms with Crippen LogP contribution in [0.2, 0.25) is 0 Å². The van der Waals surface area contributed by atoms with E-state index in [1.165, 1.54) is 24.9 Å². The molecule has 5 nitrogen and oxygen atoms in total. The fourth-order valence-electron chi connectivity index (χ4n) is 6.26. The van der Waals surface area contributed by atoms with Gasteiger partial charge in [-0.2, -0.15) is 0 Å². The SMILES string of the molecule is c1ccc(-c2nc(-c3ccc4c(c3)oc3ccccc34)nc(-c3ccc4c(c3)sc3cc5sc(-c6ccccc6)nc5cc34)n2)cc1. The standard InChI is InChI=1S/C40H22N4OS2/c1-3-9-23(10-4-1)37-42-38(25-15-17-28-27-13-7-8-14-32(27)45-33(28)19-25)44-39(43-37)26-16-18-29-30-21-31-36(22-35(30)46-34(29)20-26)47-40(41-31)24-11-5-2-6-12-24/h1-22H. The maximum Gasteiger partial charge on any atom is 0.164 e. The van der Waals surface area contributed by atoms with E-state index in [1.807, 2.05) is 60.7 Å². The molecule has 0 aliphatic carbocycles. The number of rotatable bonds is 4. The highest BCUT2D eigenvalue weighted by molar-refractivity contribution is 7.26. The van der Waals surface area contributed by atoms with Crippen molar-refractivity contribution in [1.29, 1.82) is 0 Å². The summed E-state index contributed by atoms with van der Waals surface area (Å²) in [4.78, 5) is 19.9. The lowest BCUT2D eigenvalue weighted by Crippen LogP contribution is -2.00. The Hall–Kier alpha value is -5.76. The Morgan fingerprint density at radius 2 is 1.00 bits per heavy atom. The predicted molar refractivity (Wildman–Crippen MR) is 195 cm³/mol. The van der Waals surface area contributed by atoms with E-state index in [0.717, 1.165) is 54.7 Å². The molecule has 0 amide bonds. The first-order valence-electron chi connectivity index (χ1n) is 15.3. The molecule has 0 atom stereocenters. The van der Waals surface area contributed by atoms with Crippen molar-refractivity contribution in [2.75, 3.05) is 0 Å². The second-order valence-corrected chi connectivity index (χ2v) is 13.6. The summed E-state index contributed by atoms with van der Waals surface area (Å²) >= 11 is 3.53. The molecule has 0 fully saturated rings. The first-order valence-corrected chi connectivity index (χ1v) is 16.9. The van der Waals surface area contributed by atoms with Gasteiger partial charge in [-0.3, -0.25) is 0 Å². The van der Waals surface area contributed by atoms with Crippen LogP contribution in [0.25, 0.3) is 97.1 Å².